The van der Waals surface area contributed by atoms with Crippen LogP contribution in [-0.2, 0) is 5.60 Å². The lowest BCUT2D eigenvalue weighted by Gasteiger charge is -2.28. The molecule has 0 heterocycles. The summed E-state index contributed by atoms with van der Waals surface area (Å²) in [6.45, 7) is 0.0400. The highest BCUT2D eigenvalue weighted by Crippen LogP contribution is 2.34. The number of aliphatic hydroxyl groups is 1. The van der Waals surface area contributed by atoms with Gasteiger partial charge in [-0.1, -0.05) is 59.6 Å². The Kier molecular flexibility index (Phi) is 3.93. The van der Waals surface area contributed by atoms with Gasteiger partial charge in [-0.2, -0.15) is 0 Å². The number of hydrogen-bond acceptors (Lipinski definition) is 2. The molecule has 2 rings (SSSR count). The standard InChI is InChI=1S/C14H13Cl2NO/c15-11-6-7-12(13(16)8-11)14(18,9-17)10-4-2-1-3-5-10/h1-8,18H,9,17H2. The Bertz CT molecular complexity index is 545. The molecule has 0 aliphatic rings. The molecule has 18 heavy (non-hydrogen) atoms. The predicted molar refractivity (Wildman–Crippen MR) is 75.0 cm³/mol. The van der Waals surface area contributed by atoms with Crippen LogP contribution in [0.2, 0.25) is 10.0 Å². The lowest BCUT2D eigenvalue weighted by Crippen LogP contribution is -2.36. The van der Waals surface area contributed by atoms with E-state index >= 15 is 0 Å². The third-order valence-electron chi connectivity index (χ3n) is 2.92. The molecular weight excluding hydrogens is 269 g/mol. The first-order valence-electron chi connectivity index (χ1n) is 5.51. The van der Waals surface area contributed by atoms with E-state index in [0.29, 0.717) is 21.2 Å². The Labute approximate surface area is 116 Å². The minimum absolute atomic E-state index is 0.0400. The molecule has 3 N–H and O–H groups in total. The number of hydrogen-bond donors (Lipinski definition) is 2. The van der Waals surface area contributed by atoms with Crippen LogP contribution in [0.3, 0.4) is 0 Å². The second kappa shape index (κ2) is 5.29. The molecule has 0 bridgehead atoms. The first kappa shape index (κ1) is 13.4. The van der Waals surface area contributed by atoms with E-state index in [9.17, 15) is 5.11 Å². The maximum atomic E-state index is 10.8. The minimum atomic E-state index is -1.30. The number of halogens is 2. The first-order valence-corrected chi connectivity index (χ1v) is 6.27. The zero-order valence-corrected chi connectivity index (χ0v) is 11.1. The van der Waals surface area contributed by atoms with Crippen LogP contribution in [0.1, 0.15) is 11.1 Å². The number of rotatable bonds is 3. The van der Waals surface area contributed by atoms with Crippen LogP contribution in [0, 0.1) is 0 Å². The Balaban J connectivity index is 2.57. The predicted octanol–water partition coefficient (Wildman–Crippen LogP) is 3.19. The van der Waals surface area contributed by atoms with Crippen molar-refractivity contribution in [3.8, 4) is 0 Å². The molecule has 94 valence electrons. The molecule has 0 amide bonds. The van der Waals surface area contributed by atoms with Crippen LogP contribution in [0.4, 0.5) is 0 Å². The summed E-state index contributed by atoms with van der Waals surface area (Å²) in [6.07, 6.45) is 0. The van der Waals surface area contributed by atoms with E-state index in [2.05, 4.69) is 0 Å². The molecule has 0 radical (unpaired) electrons. The number of benzene rings is 2. The summed E-state index contributed by atoms with van der Waals surface area (Å²) in [5.74, 6) is 0. The minimum Gasteiger partial charge on any atom is -0.379 e. The molecule has 0 aliphatic carbocycles. The van der Waals surface area contributed by atoms with E-state index in [0.717, 1.165) is 0 Å². The summed E-state index contributed by atoms with van der Waals surface area (Å²) in [5.41, 5.74) is 5.70. The van der Waals surface area contributed by atoms with E-state index in [4.69, 9.17) is 28.9 Å². The van der Waals surface area contributed by atoms with E-state index < -0.39 is 5.60 Å². The average Bonchev–Trinajstić information content (AvgIpc) is 2.39. The van der Waals surface area contributed by atoms with Crippen LogP contribution in [0.15, 0.2) is 48.5 Å². The lowest BCUT2D eigenvalue weighted by molar-refractivity contribution is 0.0903. The summed E-state index contributed by atoms with van der Waals surface area (Å²) in [7, 11) is 0. The van der Waals surface area contributed by atoms with Crippen LogP contribution in [-0.4, -0.2) is 11.7 Å². The monoisotopic (exact) mass is 281 g/mol. The second-order valence-electron chi connectivity index (χ2n) is 4.05. The van der Waals surface area contributed by atoms with Gasteiger partial charge in [-0.25, -0.2) is 0 Å². The van der Waals surface area contributed by atoms with Crippen molar-refractivity contribution >= 4 is 23.2 Å². The van der Waals surface area contributed by atoms with Gasteiger partial charge in [0.25, 0.3) is 0 Å². The molecule has 0 aromatic heterocycles. The molecule has 0 fully saturated rings. The van der Waals surface area contributed by atoms with E-state index in [-0.39, 0.29) is 6.54 Å². The average molecular weight is 282 g/mol. The highest BCUT2D eigenvalue weighted by Gasteiger charge is 2.31. The van der Waals surface area contributed by atoms with Crippen molar-refractivity contribution in [2.75, 3.05) is 6.54 Å². The van der Waals surface area contributed by atoms with Crippen LogP contribution in [0.5, 0.6) is 0 Å². The van der Waals surface area contributed by atoms with Crippen molar-refractivity contribution in [2.45, 2.75) is 5.60 Å². The van der Waals surface area contributed by atoms with Gasteiger partial charge in [0.15, 0.2) is 0 Å². The molecular formula is C14H13Cl2NO. The van der Waals surface area contributed by atoms with Gasteiger partial charge in [-0.3, -0.25) is 0 Å². The normalized spacial score (nSPS) is 14.2. The van der Waals surface area contributed by atoms with E-state index in [1.165, 1.54) is 0 Å². The highest BCUT2D eigenvalue weighted by molar-refractivity contribution is 6.35. The molecule has 0 saturated heterocycles. The van der Waals surface area contributed by atoms with Gasteiger partial charge < -0.3 is 10.8 Å². The van der Waals surface area contributed by atoms with E-state index in [1.54, 1.807) is 18.2 Å². The fourth-order valence-electron chi connectivity index (χ4n) is 1.92. The summed E-state index contributed by atoms with van der Waals surface area (Å²) in [5, 5.41) is 11.7. The Morgan fingerprint density at radius 1 is 1.06 bits per heavy atom. The van der Waals surface area contributed by atoms with Crippen molar-refractivity contribution in [1.82, 2.24) is 0 Å². The first-order chi connectivity index (χ1) is 8.58. The SMILES string of the molecule is NCC(O)(c1ccccc1)c1ccc(Cl)cc1Cl. The summed E-state index contributed by atoms with van der Waals surface area (Å²) < 4.78 is 0. The third-order valence-corrected chi connectivity index (χ3v) is 3.47. The van der Waals surface area contributed by atoms with Crippen LogP contribution < -0.4 is 5.73 Å². The fraction of sp³-hybridized carbons (Fsp3) is 0.143. The lowest BCUT2D eigenvalue weighted by atomic mass is 9.86. The molecule has 4 heteroatoms. The fourth-order valence-corrected chi connectivity index (χ4v) is 2.49. The summed E-state index contributed by atoms with van der Waals surface area (Å²) in [4.78, 5) is 0. The maximum absolute atomic E-state index is 10.8. The molecule has 0 aliphatic heterocycles. The molecule has 2 aromatic rings. The topological polar surface area (TPSA) is 46.2 Å². The van der Waals surface area contributed by atoms with Gasteiger partial charge in [0.2, 0.25) is 0 Å². The molecule has 2 nitrogen and oxygen atoms in total. The van der Waals surface area contributed by atoms with Gasteiger partial charge in [0, 0.05) is 22.2 Å². The maximum Gasteiger partial charge on any atom is 0.128 e. The van der Waals surface area contributed by atoms with Crippen molar-refractivity contribution < 1.29 is 5.11 Å². The van der Waals surface area contributed by atoms with Gasteiger partial charge in [0.1, 0.15) is 5.60 Å². The second-order valence-corrected chi connectivity index (χ2v) is 4.90. The molecule has 1 unspecified atom stereocenters. The van der Waals surface area contributed by atoms with Crippen molar-refractivity contribution in [1.29, 1.82) is 0 Å². The van der Waals surface area contributed by atoms with Gasteiger partial charge in [0.05, 0.1) is 0 Å². The van der Waals surface area contributed by atoms with Gasteiger partial charge in [-0.05, 0) is 17.7 Å². The third kappa shape index (κ3) is 2.38. The summed E-state index contributed by atoms with van der Waals surface area (Å²) in [6, 6.07) is 14.2. The van der Waals surface area contributed by atoms with Crippen LogP contribution in [0.25, 0.3) is 0 Å². The van der Waals surface area contributed by atoms with Crippen molar-refractivity contribution in [2.24, 2.45) is 5.73 Å². The molecule has 0 spiro atoms. The summed E-state index contributed by atoms with van der Waals surface area (Å²) >= 11 is 12.0. The smallest absolute Gasteiger partial charge is 0.128 e. The van der Waals surface area contributed by atoms with Gasteiger partial charge >= 0.3 is 0 Å². The zero-order chi connectivity index (χ0) is 13.2. The molecule has 1 atom stereocenters. The Morgan fingerprint density at radius 3 is 2.28 bits per heavy atom. The Hall–Kier alpha value is -1.06. The van der Waals surface area contributed by atoms with E-state index in [1.807, 2.05) is 30.3 Å². The van der Waals surface area contributed by atoms with Crippen LogP contribution >= 0.6 is 23.2 Å². The van der Waals surface area contributed by atoms with Crippen molar-refractivity contribution in [3.05, 3.63) is 69.7 Å². The highest BCUT2D eigenvalue weighted by atomic mass is 35.5. The van der Waals surface area contributed by atoms with Gasteiger partial charge in [-0.15, -0.1) is 0 Å². The largest absolute Gasteiger partial charge is 0.379 e. The molecule has 0 saturated carbocycles. The quantitative estimate of drug-likeness (QED) is 0.908. The molecule has 2 aromatic carbocycles. The number of nitrogens with two attached hydrogens (primary N) is 1. The zero-order valence-electron chi connectivity index (χ0n) is 9.61. The van der Waals surface area contributed by atoms with Crippen molar-refractivity contribution in [3.63, 3.8) is 0 Å². The Morgan fingerprint density at radius 2 is 1.72 bits per heavy atom.